The predicted molar refractivity (Wildman–Crippen MR) is 81.3 cm³/mol. The van der Waals surface area contributed by atoms with Gasteiger partial charge in [0.1, 0.15) is 17.7 Å². The van der Waals surface area contributed by atoms with E-state index in [4.69, 9.17) is 21.3 Å². The normalized spacial score (nSPS) is 20.2. The van der Waals surface area contributed by atoms with Crippen LogP contribution in [0.5, 0.6) is 0 Å². The molecule has 0 aliphatic carbocycles. The van der Waals surface area contributed by atoms with E-state index in [-0.39, 0.29) is 26.4 Å². The van der Waals surface area contributed by atoms with Crippen molar-refractivity contribution in [2.24, 2.45) is 11.5 Å². The Hall–Kier alpha value is -1.40. The summed E-state index contributed by atoms with van der Waals surface area (Å²) in [6, 6.07) is -1.19. The van der Waals surface area contributed by atoms with Gasteiger partial charge in [-0.15, -0.1) is 6.58 Å². The standard InChI is InChI=1S/2C6H11NO2.2CH4/c1-6(2)3-4(7)5(8)9-6;1-4(2)3-5(7)6(8)9;;/h4H,3,7H2,1-2H3;5H,1,3,7H2,2H3,(H,8,9);2*1H4/t4-;5-;;/m00../s1. The van der Waals surface area contributed by atoms with Gasteiger partial charge in [0.15, 0.2) is 0 Å². The van der Waals surface area contributed by atoms with Gasteiger partial charge in [-0.05, 0) is 27.2 Å². The number of hydrogen-bond donors (Lipinski definition) is 3. The molecule has 0 aromatic carbocycles. The highest BCUT2D eigenvalue weighted by molar-refractivity contribution is 5.78. The van der Waals surface area contributed by atoms with Crippen LogP contribution < -0.4 is 11.5 Å². The summed E-state index contributed by atoms with van der Waals surface area (Å²) in [5.74, 6) is -1.25. The van der Waals surface area contributed by atoms with Gasteiger partial charge in [0.25, 0.3) is 0 Å². The maximum absolute atomic E-state index is 10.6. The second kappa shape index (κ2) is 9.50. The molecule has 6 heteroatoms. The smallest absolute Gasteiger partial charge is 0.323 e. The molecule has 0 aromatic heterocycles. The summed E-state index contributed by atoms with van der Waals surface area (Å²) in [7, 11) is 0. The van der Waals surface area contributed by atoms with Gasteiger partial charge in [0.2, 0.25) is 0 Å². The average Bonchev–Trinajstić information content (AvgIpc) is 2.38. The van der Waals surface area contributed by atoms with Crippen molar-refractivity contribution in [2.45, 2.75) is 66.2 Å². The van der Waals surface area contributed by atoms with Crippen LogP contribution in [-0.4, -0.2) is 34.7 Å². The Morgan fingerprint density at radius 1 is 1.55 bits per heavy atom. The molecule has 2 atom stereocenters. The van der Waals surface area contributed by atoms with Crippen molar-refractivity contribution in [3.05, 3.63) is 12.2 Å². The Kier molecular flexibility index (Phi) is 11.2. The van der Waals surface area contributed by atoms with Crippen molar-refractivity contribution in [3.63, 3.8) is 0 Å². The zero-order valence-electron chi connectivity index (χ0n) is 11.1. The Morgan fingerprint density at radius 2 is 2.00 bits per heavy atom. The van der Waals surface area contributed by atoms with Crippen molar-refractivity contribution in [1.82, 2.24) is 0 Å². The quantitative estimate of drug-likeness (QED) is 0.538. The first kappa shape index (κ1) is 23.7. The minimum Gasteiger partial charge on any atom is -0.480 e. The summed E-state index contributed by atoms with van der Waals surface area (Å²) in [5.41, 5.74) is 11.0. The first-order valence-electron chi connectivity index (χ1n) is 5.66. The summed E-state index contributed by atoms with van der Waals surface area (Å²) < 4.78 is 4.90. The lowest BCUT2D eigenvalue weighted by Crippen LogP contribution is -2.29. The molecule has 6 nitrogen and oxygen atoms in total. The zero-order chi connectivity index (χ0) is 14.5. The first-order valence-corrected chi connectivity index (χ1v) is 5.66. The second-order valence-corrected chi connectivity index (χ2v) is 5.10. The molecule has 1 rings (SSSR count). The molecule has 0 saturated carbocycles. The van der Waals surface area contributed by atoms with Crippen molar-refractivity contribution in [1.29, 1.82) is 0 Å². The van der Waals surface area contributed by atoms with E-state index < -0.39 is 18.1 Å². The molecule has 20 heavy (non-hydrogen) atoms. The van der Waals surface area contributed by atoms with Crippen LogP contribution >= 0.6 is 0 Å². The number of carbonyl (C=O) groups excluding carboxylic acids is 1. The predicted octanol–water partition coefficient (Wildman–Crippen LogP) is 1.68. The van der Waals surface area contributed by atoms with Crippen LogP contribution in [0.4, 0.5) is 0 Å². The van der Waals surface area contributed by atoms with E-state index in [1.165, 1.54) is 0 Å². The van der Waals surface area contributed by atoms with Gasteiger partial charge < -0.3 is 21.3 Å². The monoisotopic (exact) mass is 290 g/mol. The van der Waals surface area contributed by atoms with Crippen LogP contribution in [0, 0.1) is 0 Å². The number of ether oxygens (including phenoxy) is 1. The van der Waals surface area contributed by atoms with Gasteiger partial charge in [-0.25, -0.2) is 0 Å². The van der Waals surface area contributed by atoms with Crippen molar-refractivity contribution < 1.29 is 19.4 Å². The fraction of sp³-hybridized carbons (Fsp3) is 0.714. The van der Waals surface area contributed by atoms with E-state index in [1.807, 2.05) is 13.8 Å². The fourth-order valence-electron chi connectivity index (χ4n) is 1.47. The maximum atomic E-state index is 10.6. The molecule has 0 aromatic rings. The summed E-state index contributed by atoms with van der Waals surface area (Å²) >= 11 is 0. The Labute approximate surface area is 122 Å². The molecule has 120 valence electrons. The second-order valence-electron chi connectivity index (χ2n) is 5.10. The number of rotatable bonds is 3. The molecule has 1 aliphatic heterocycles. The highest BCUT2D eigenvalue weighted by Gasteiger charge is 2.37. The molecular formula is C14H30N2O4. The molecule has 5 N–H and O–H groups in total. The summed E-state index contributed by atoms with van der Waals surface area (Å²) in [5, 5.41) is 8.26. The fourth-order valence-corrected chi connectivity index (χ4v) is 1.47. The lowest BCUT2D eigenvalue weighted by molar-refractivity contribution is -0.146. The number of carboxylic acid groups (broad SMARTS) is 1. The van der Waals surface area contributed by atoms with Gasteiger partial charge >= 0.3 is 11.9 Å². The highest BCUT2D eigenvalue weighted by atomic mass is 16.6. The Bertz CT molecular complexity index is 340. The maximum Gasteiger partial charge on any atom is 0.323 e. The Morgan fingerprint density at radius 3 is 2.10 bits per heavy atom. The topological polar surface area (TPSA) is 116 Å². The zero-order valence-corrected chi connectivity index (χ0v) is 11.1. The van der Waals surface area contributed by atoms with Crippen molar-refractivity contribution >= 4 is 11.9 Å². The average molecular weight is 290 g/mol. The van der Waals surface area contributed by atoms with Crippen LogP contribution in [0.25, 0.3) is 0 Å². The molecular weight excluding hydrogens is 260 g/mol. The van der Waals surface area contributed by atoms with Crippen LogP contribution in [0.2, 0.25) is 0 Å². The summed E-state index contributed by atoms with van der Waals surface area (Å²) in [4.78, 5) is 20.7. The van der Waals surface area contributed by atoms with Crippen LogP contribution in [0.15, 0.2) is 12.2 Å². The first-order chi connectivity index (χ1) is 8.05. The van der Waals surface area contributed by atoms with Crippen LogP contribution in [0.3, 0.4) is 0 Å². The number of carbonyl (C=O) groups is 2. The van der Waals surface area contributed by atoms with E-state index in [0.717, 1.165) is 5.57 Å². The minimum absolute atomic E-state index is 0. The molecule has 1 fully saturated rings. The number of nitrogens with two attached hydrogens (primary N) is 2. The summed E-state index contributed by atoms with van der Waals surface area (Å²) in [6.45, 7) is 9.00. The van der Waals surface area contributed by atoms with E-state index in [1.54, 1.807) is 6.92 Å². The lowest BCUT2D eigenvalue weighted by Gasteiger charge is -2.13. The van der Waals surface area contributed by atoms with Crippen LogP contribution in [-0.2, 0) is 14.3 Å². The molecule has 0 radical (unpaired) electrons. The van der Waals surface area contributed by atoms with Gasteiger partial charge in [-0.3, -0.25) is 9.59 Å². The molecule has 1 saturated heterocycles. The Balaban J connectivity index is -0.000000263. The van der Waals surface area contributed by atoms with E-state index >= 15 is 0 Å². The third-order valence-electron chi connectivity index (χ3n) is 2.28. The lowest BCUT2D eigenvalue weighted by atomic mass is 10.0. The SMILES string of the molecule is C.C.C=C(C)C[C@H](N)C(=O)O.CC1(C)C[C@H](N)C(=O)O1. The van der Waals surface area contributed by atoms with E-state index in [0.29, 0.717) is 12.8 Å². The number of hydrogen-bond acceptors (Lipinski definition) is 5. The van der Waals surface area contributed by atoms with Crippen molar-refractivity contribution in [3.8, 4) is 0 Å². The number of carboxylic acids is 1. The van der Waals surface area contributed by atoms with Gasteiger partial charge in [0.05, 0.1) is 0 Å². The van der Waals surface area contributed by atoms with Crippen LogP contribution in [0.1, 0.15) is 48.5 Å². The van der Waals surface area contributed by atoms with E-state index in [2.05, 4.69) is 6.58 Å². The van der Waals surface area contributed by atoms with Gasteiger partial charge in [0, 0.05) is 6.42 Å². The summed E-state index contributed by atoms with van der Waals surface area (Å²) in [6.07, 6.45) is 0.987. The highest BCUT2D eigenvalue weighted by Crippen LogP contribution is 2.23. The molecule has 1 heterocycles. The number of aliphatic carboxylic acids is 1. The van der Waals surface area contributed by atoms with Gasteiger partial charge in [-0.2, -0.15) is 0 Å². The third-order valence-corrected chi connectivity index (χ3v) is 2.28. The molecule has 1 aliphatic rings. The third kappa shape index (κ3) is 9.52. The largest absolute Gasteiger partial charge is 0.480 e. The molecule has 0 amide bonds. The molecule has 0 unspecified atom stereocenters. The number of esters is 1. The van der Waals surface area contributed by atoms with Crippen molar-refractivity contribution in [2.75, 3.05) is 0 Å². The van der Waals surface area contributed by atoms with Gasteiger partial charge in [-0.1, -0.05) is 20.4 Å². The molecule has 0 spiro atoms. The van der Waals surface area contributed by atoms with E-state index in [9.17, 15) is 9.59 Å². The minimum atomic E-state index is -0.974. The molecule has 0 bridgehead atoms. The number of cyclic esters (lactones) is 1.